The highest BCUT2D eigenvalue weighted by atomic mass is 16.7. The number of benzene rings is 5. The molecule has 6 aromatic rings. The third-order valence-corrected chi connectivity index (χ3v) is 10.9. The number of fused-ring (bicyclic) bond motifs is 9. The van der Waals surface area contributed by atoms with Gasteiger partial charge in [-0.15, -0.1) is 0 Å². The first kappa shape index (κ1) is 28.9. The van der Waals surface area contributed by atoms with Crippen LogP contribution >= 0.6 is 0 Å². The van der Waals surface area contributed by atoms with Crippen molar-refractivity contribution in [3.63, 3.8) is 0 Å². The molecular formula is C41H33BN2O7. The maximum atomic E-state index is 7.03. The van der Waals surface area contributed by atoms with E-state index in [0.717, 1.165) is 102 Å². The molecule has 0 spiro atoms. The van der Waals surface area contributed by atoms with Crippen molar-refractivity contribution in [1.29, 1.82) is 0 Å². The first-order valence-electron chi connectivity index (χ1n) is 17.3. The van der Waals surface area contributed by atoms with E-state index < -0.39 is 0 Å². The van der Waals surface area contributed by atoms with Gasteiger partial charge in [0, 0.05) is 45.6 Å². The van der Waals surface area contributed by atoms with Gasteiger partial charge in [-0.25, -0.2) is 0 Å². The molecule has 6 heterocycles. The molecule has 252 valence electrons. The van der Waals surface area contributed by atoms with Crippen LogP contribution in [0, 0.1) is 13.8 Å². The lowest BCUT2D eigenvalue weighted by Gasteiger charge is -2.42. The number of ether oxygens (including phenoxy) is 6. The normalized spacial score (nSPS) is 15.7. The molecule has 0 radical (unpaired) electrons. The molecule has 9 nitrogen and oxygen atoms in total. The van der Waals surface area contributed by atoms with E-state index in [-0.39, 0.29) is 32.5 Å². The molecule has 10 heteroatoms. The van der Waals surface area contributed by atoms with Gasteiger partial charge in [0.15, 0.2) is 34.5 Å². The van der Waals surface area contributed by atoms with Crippen molar-refractivity contribution in [3.05, 3.63) is 89.5 Å². The van der Waals surface area contributed by atoms with Crippen LogP contribution < -0.4 is 54.6 Å². The zero-order chi connectivity index (χ0) is 34.3. The molecule has 5 aliphatic rings. The Balaban J connectivity index is 1.26. The van der Waals surface area contributed by atoms with Gasteiger partial charge in [0.2, 0.25) is 26.3 Å². The van der Waals surface area contributed by atoms with Crippen LogP contribution in [-0.4, -0.2) is 27.1 Å². The first-order chi connectivity index (χ1) is 24.7. The maximum absolute atomic E-state index is 7.03. The highest BCUT2D eigenvalue weighted by Gasteiger charge is 2.48. The van der Waals surface area contributed by atoms with Crippen LogP contribution in [0.15, 0.2) is 77.2 Å². The molecule has 0 unspecified atom stereocenters. The molecule has 0 saturated carbocycles. The fourth-order valence-electron chi connectivity index (χ4n) is 8.53. The van der Waals surface area contributed by atoms with Gasteiger partial charge in [0.25, 0.3) is 6.71 Å². The number of aryl methyl sites for hydroxylation is 1. The molecule has 0 N–H and O–H groups in total. The fraction of sp³-hybridized carbons (Fsp3) is 0.220. The third-order valence-electron chi connectivity index (χ3n) is 10.9. The van der Waals surface area contributed by atoms with Crippen LogP contribution in [0.2, 0.25) is 0 Å². The van der Waals surface area contributed by atoms with E-state index >= 15 is 0 Å². The average molecular weight is 677 g/mol. The SMILES string of the molecule is Cc1cc2c(c(C)c1N1c3cccc4c3B(c3cc5c(cc3N4c3ccc4c(c3)OCO4)OCO5)c3c1oc1ccc(C(C)(C)C)cc31)OCO2. The van der Waals surface area contributed by atoms with Crippen LogP contribution in [0.1, 0.15) is 37.5 Å². The third kappa shape index (κ3) is 3.87. The fourth-order valence-corrected chi connectivity index (χ4v) is 8.53. The minimum absolute atomic E-state index is 0.0626. The molecule has 5 aromatic carbocycles. The largest absolute Gasteiger partial charge is 0.454 e. The molecule has 0 bridgehead atoms. The van der Waals surface area contributed by atoms with E-state index in [9.17, 15) is 0 Å². The summed E-state index contributed by atoms with van der Waals surface area (Å²) >= 11 is 0. The number of furan rings is 1. The second-order valence-corrected chi connectivity index (χ2v) is 14.8. The number of hydrogen-bond acceptors (Lipinski definition) is 9. The molecule has 0 fully saturated rings. The summed E-state index contributed by atoms with van der Waals surface area (Å²) in [6.07, 6.45) is 0. The zero-order valence-corrected chi connectivity index (χ0v) is 28.9. The van der Waals surface area contributed by atoms with Crippen molar-refractivity contribution >= 4 is 68.4 Å². The van der Waals surface area contributed by atoms with E-state index in [1.165, 1.54) is 5.56 Å². The Hall–Kier alpha value is -5.90. The minimum Gasteiger partial charge on any atom is -0.454 e. The molecule has 51 heavy (non-hydrogen) atoms. The Morgan fingerprint density at radius 2 is 1.33 bits per heavy atom. The quantitative estimate of drug-likeness (QED) is 0.172. The van der Waals surface area contributed by atoms with Gasteiger partial charge in [-0.3, -0.25) is 4.90 Å². The Labute approximate surface area is 294 Å². The highest BCUT2D eigenvalue weighted by Crippen LogP contribution is 2.52. The van der Waals surface area contributed by atoms with Crippen LogP contribution in [0.25, 0.3) is 11.0 Å². The van der Waals surface area contributed by atoms with E-state index in [0.29, 0.717) is 5.75 Å². The van der Waals surface area contributed by atoms with Crippen molar-refractivity contribution in [1.82, 2.24) is 0 Å². The van der Waals surface area contributed by atoms with E-state index in [2.05, 4.69) is 111 Å². The number of nitrogens with zero attached hydrogens (tertiary/aromatic N) is 2. The van der Waals surface area contributed by atoms with Crippen molar-refractivity contribution < 1.29 is 32.8 Å². The zero-order valence-electron chi connectivity index (χ0n) is 28.9. The summed E-state index contributed by atoms with van der Waals surface area (Å²) in [5, 5.41) is 1.09. The summed E-state index contributed by atoms with van der Waals surface area (Å²) in [6, 6.07) is 25.6. The monoisotopic (exact) mass is 676 g/mol. The molecule has 0 amide bonds. The summed E-state index contributed by atoms with van der Waals surface area (Å²) in [5.41, 5.74) is 12.5. The number of rotatable bonds is 2. The lowest BCUT2D eigenvalue weighted by molar-refractivity contribution is 0.173. The molecular weight excluding hydrogens is 643 g/mol. The molecule has 11 rings (SSSR count). The van der Waals surface area contributed by atoms with Crippen molar-refractivity contribution in [2.75, 3.05) is 30.2 Å². The average Bonchev–Trinajstić information content (AvgIpc) is 3.93. The van der Waals surface area contributed by atoms with Gasteiger partial charge in [-0.2, -0.15) is 0 Å². The van der Waals surface area contributed by atoms with Gasteiger partial charge >= 0.3 is 0 Å². The van der Waals surface area contributed by atoms with Crippen LogP contribution in [-0.2, 0) is 5.41 Å². The van der Waals surface area contributed by atoms with E-state index in [4.69, 9.17) is 32.8 Å². The Kier molecular flexibility index (Phi) is 5.59. The summed E-state index contributed by atoms with van der Waals surface area (Å²) in [4.78, 5) is 4.60. The van der Waals surface area contributed by atoms with Crippen LogP contribution in [0.4, 0.5) is 34.3 Å². The summed E-state index contributed by atoms with van der Waals surface area (Å²) in [5.74, 6) is 5.21. The lowest BCUT2D eigenvalue weighted by Crippen LogP contribution is -2.61. The van der Waals surface area contributed by atoms with Gasteiger partial charge < -0.3 is 37.7 Å². The predicted molar refractivity (Wildman–Crippen MR) is 197 cm³/mol. The second kappa shape index (κ2) is 9.87. The van der Waals surface area contributed by atoms with Gasteiger partial charge in [-0.05, 0) is 89.8 Å². The number of hydrogen-bond donors (Lipinski definition) is 0. The summed E-state index contributed by atoms with van der Waals surface area (Å²) in [6.45, 7) is 11.4. The Bertz CT molecular complexity index is 2520. The smallest absolute Gasteiger partial charge is 0.257 e. The summed E-state index contributed by atoms with van der Waals surface area (Å²) in [7, 11) is 0. The van der Waals surface area contributed by atoms with Crippen molar-refractivity contribution in [2.45, 2.75) is 40.0 Å². The lowest BCUT2D eigenvalue weighted by atomic mass is 9.33. The first-order valence-corrected chi connectivity index (χ1v) is 17.3. The topological polar surface area (TPSA) is 75.0 Å². The standard InChI is InChI=1S/C41H33BN2O7/c1-21-13-35-39(50-20-49-35)22(2)38(21)44-28-8-6-7-27-37(28)42(36-25-14-23(41(3,4)5)9-11-30(25)51-40(36)44)26-16-33-34(48-19-47-33)17-29(26)43(27)24-10-12-31-32(15-24)46-18-45-31/h6-17H,18-20H2,1-5H3. The van der Waals surface area contributed by atoms with E-state index in [1.807, 2.05) is 6.07 Å². The van der Waals surface area contributed by atoms with Crippen LogP contribution in [0.5, 0.6) is 34.5 Å². The predicted octanol–water partition coefficient (Wildman–Crippen LogP) is 7.62. The van der Waals surface area contributed by atoms with Gasteiger partial charge in [0.05, 0.1) is 11.4 Å². The van der Waals surface area contributed by atoms with Crippen molar-refractivity contribution in [3.8, 4) is 34.5 Å². The maximum Gasteiger partial charge on any atom is 0.257 e. The summed E-state index contributed by atoms with van der Waals surface area (Å²) < 4.78 is 42.6. The molecule has 0 saturated heterocycles. The van der Waals surface area contributed by atoms with Crippen LogP contribution in [0.3, 0.4) is 0 Å². The molecule has 1 aromatic heterocycles. The van der Waals surface area contributed by atoms with Gasteiger partial charge in [0.1, 0.15) is 5.58 Å². The van der Waals surface area contributed by atoms with Crippen molar-refractivity contribution in [2.24, 2.45) is 0 Å². The Morgan fingerprint density at radius 1 is 0.627 bits per heavy atom. The van der Waals surface area contributed by atoms with Gasteiger partial charge in [-0.1, -0.05) is 32.9 Å². The molecule has 0 aliphatic carbocycles. The molecule has 5 aliphatic heterocycles. The number of anilines is 6. The Morgan fingerprint density at radius 3 is 2.14 bits per heavy atom. The molecule has 0 atom stereocenters. The van der Waals surface area contributed by atoms with E-state index in [1.54, 1.807) is 0 Å². The highest BCUT2D eigenvalue weighted by molar-refractivity contribution is 7.01. The second-order valence-electron chi connectivity index (χ2n) is 14.8. The minimum atomic E-state index is -0.177.